The number of nitrogens with zero attached hydrogens (tertiary/aromatic N) is 4. The van der Waals surface area contributed by atoms with Crippen LogP contribution in [0.2, 0.25) is 0 Å². The van der Waals surface area contributed by atoms with E-state index < -0.39 is 109 Å². The number of unbranched alkanes of at least 4 members (excludes halogenated alkanes) is 6. The van der Waals surface area contributed by atoms with Gasteiger partial charge in [-0.3, -0.25) is 67.9 Å². The first-order valence-electron chi connectivity index (χ1n) is 33.8. The topological polar surface area (TPSA) is 627 Å². The first-order valence-corrected chi connectivity index (χ1v) is 33.8. The van der Waals surface area contributed by atoms with Crippen molar-refractivity contribution < 1.29 is 57.5 Å². The maximum Gasteiger partial charge on any atom is 0.407 e. The Morgan fingerprint density at radius 3 is 1.07 bits per heavy atom. The highest BCUT2D eigenvalue weighted by atomic mass is 16.5. The van der Waals surface area contributed by atoms with Gasteiger partial charge in [0.05, 0.1) is 19.6 Å². The average Bonchev–Trinajstić information content (AvgIpc) is 1.62. The molecule has 30 N–H and O–H groups in total. The van der Waals surface area contributed by atoms with Crippen molar-refractivity contribution >= 4 is 89.0 Å². The van der Waals surface area contributed by atoms with Crippen molar-refractivity contribution in [2.45, 2.75) is 165 Å². The predicted molar refractivity (Wildman–Crippen MR) is 378 cm³/mol. The summed E-state index contributed by atoms with van der Waals surface area (Å²) in [5.41, 5.74) is 59.2. The Kier molecular flexibility index (Phi) is 40.3. The molecular weight excluding hydrogens is 1300 g/mol. The van der Waals surface area contributed by atoms with Crippen LogP contribution in [-0.4, -0.2) is 191 Å². The molecule has 2 aromatic carbocycles. The number of aliphatic imine (C=N–C) groups is 4. The van der Waals surface area contributed by atoms with Crippen LogP contribution in [0.4, 0.5) is 4.79 Å². The molecule has 11 amide bonds. The van der Waals surface area contributed by atoms with Crippen molar-refractivity contribution in [3.8, 4) is 11.1 Å². The van der Waals surface area contributed by atoms with E-state index in [2.05, 4.69) is 85.3 Å². The first-order chi connectivity index (χ1) is 47.9. The summed E-state index contributed by atoms with van der Waals surface area (Å²) < 4.78 is 5.62. The molecule has 1 aliphatic carbocycles. The molecule has 0 spiro atoms. The van der Waals surface area contributed by atoms with Gasteiger partial charge in [-0.2, -0.15) is 0 Å². The maximum absolute atomic E-state index is 13.6. The molecule has 36 nitrogen and oxygen atoms in total. The number of benzene rings is 2. The number of guanidine groups is 4. The molecule has 36 heteroatoms. The van der Waals surface area contributed by atoms with E-state index in [-0.39, 0.29) is 139 Å². The van der Waals surface area contributed by atoms with Crippen LogP contribution < -0.4 is 111 Å². The third-order valence-corrected chi connectivity index (χ3v) is 15.6. The third kappa shape index (κ3) is 35.6. The van der Waals surface area contributed by atoms with Crippen LogP contribution in [0.5, 0.6) is 0 Å². The van der Waals surface area contributed by atoms with Crippen LogP contribution in [0.25, 0.3) is 11.1 Å². The lowest BCUT2D eigenvalue weighted by atomic mass is 9.98. The summed E-state index contributed by atoms with van der Waals surface area (Å²) in [6.45, 7) is -0.231. The number of nitrogens with two attached hydrogens (primary N) is 10. The smallest absolute Gasteiger partial charge is 0.407 e. The number of amides is 11. The summed E-state index contributed by atoms with van der Waals surface area (Å²) in [4.78, 5) is 160. The molecule has 5 unspecified atom stereocenters. The molecule has 0 bridgehead atoms. The zero-order valence-corrected chi connectivity index (χ0v) is 57.0. The Morgan fingerprint density at radius 2 is 0.700 bits per heavy atom. The van der Waals surface area contributed by atoms with Gasteiger partial charge in [-0.25, -0.2) is 4.79 Å². The standard InChI is InChI=1S/C64H106N24O12/c65-29-11-1-4-22-45(55(66)94)84-52(91)36-81-58(97)48(25-16-34-78-62(71)72)87-54(93)38-83-59(98)49(26-17-35-79-63(73)74)88-53(92)37-82-57(96)47(24-15-33-77-61(69)70)86-51(90)27-5-2-12-30-75-56(95)46(23-14-32-76-60(67)68)85-50(89)28-6-3-13-31-80-64(99)100-39-44-42-20-9-7-18-40(42)41-19-8-10-21-43(41)44/h7-10,18-21,44-49H,1-6,11-17,22-39,65H2,(H2,66,94)(H,75,95)(H,80,99)(H,81,97)(H,82,96)(H,83,98)(H,84,91)(H,85,89)(H,86,90)(H,87,93)(H,88,92)(H4,67,68,76)(H4,69,70,77)(H4,71,72,78)(H4,73,74,79). The minimum absolute atomic E-state index is 0.0153. The zero-order valence-electron chi connectivity index (χ0n) is 57.0. The summed E-state index contributed by atoms with van der Waals surface area (Å²) in [6.07, 6.45) is 6.10. The predicted octanol–water partition coefficient (Wildman–Crippen LogP) is -4.25. The Labute approximate surface area is 582 Å². The van der Waals surface area contributed by atoms with Crippen LogP contribution in [0.15, 0.2) is 68.5 Å². The van der Waals surface area contributed by atoms with E-state index in [1.54, 1.807) is 0 Å². The van der Waals surface area contributed by atoms with Gasteiger partial charge in [0.2, 0.25) is 59.1 Å². The van der Waals surface area contributed by atoms with Gasteiger partial charge >= 0.3 is 6.09 Å². The number of alkyl carbamates (subject to hydrolysis) is 1. The lowest BCUT2D eigenvalue weighted by Crippen LogP contribution is -2.54. The van der Waals surface area contributed by atoms with Gasteiger partial charge in [0, 0.05) is 58.0 Å². The zero-order chi connectivity index (χ0) is 73.6. The van der Waals surface area contributed by atoms with E-state index in [0.717, 1.165) is 28.7 Å². The molecule has 554 valence electrons. The summed E-state index contributed by atoms with van der Waals surface area (Å²) in [5.74, 6) is -7.56. The number of carbonyl (C=O) groups excluding carboxylic acids is 11. The van der Waals surface area contributed by atoms with Crippen molar-refractivity contribution in [1.82, 2.24) is 53.2 Å². The van der Waals surface area contributed by atoms with Gasteiger partial charge < -0.3 is 115 Å². The summed E-state index contributed by atoms with van der Waals surface area (Å²) in [7, 11) is 0. The van der Waals surface area contributed by atoms with Crippen molar-refractivity contribution in [1.29, 1.82) is 0 Å². The molecule has 0 aliphatic heterocycles. The van der Waals surface area contributed by atoms with E-state index >= 15 is 0 Å². The second kappa shape index (κ2) is 48.2. The number of fused-ring (bicyclic) bond motifs is 3. The van der Waals surface area contributed by atoms with Gasteiger partial charge in [0.1, 0.15) is 36.8 Å². The molecule has 0 aromatic heterocycles. The Hall–Kier alpha value is -10.6. The number of nitrogens with one attached hydrogen (secondary N) is 10. The molecule has 0 heterocycles. The molecule has 5 atom stereocenters. The fourth-order valence-electron chi connectivity index (χ4n) is 10.5. The lowest BCUT2D eigenvalue weighted by Gasteiger charge is -2.21. The highest BCUT2D eigenvalue weighted by Crippen LogP contribution is 2.44. The lowest BCUT2D eigenvalue weighted by molar-refractivity contribution is -0.133. The van der Waals surface area contributed by atoms with Gasteiger partial charge in [-0.05, 0) is 119 Å². The van der Waals surface area contributed by atoms with E-state index in [1.165, 1.54) is 0 Å². The Balaban J connectivity index is 1.50. The van der Waals surface area contributed by atoms with Crippen molar-refractivity contribution in [2.75, 3.05) is 72.1 Å². The number of carbonyl (C=O) groups is 11. The maximum atomic E-state index is 13.6. The first kappa shape index (κ1) is 83.7. The van der Waals surface area contributed by atoms with Gasteiger partial charge in [0.25, 0.3) is 0 Å². The molecule has 0 saturated carbocycles. The molecule has 3 rings (SSSR count). The summed E-state index contributed by atoms with van der Waals surface area (Å²) >= 11 is 0. The second-order valence-electron chi connectivity index (χ2n) is 23.8. The minimum Gasteiger partial charge on any atom is -0.449 e. The molecule has 0 radical (unpaired) electrons. The summed E-state index contributed by atoms with van der Waals surface area (Å²) in [5, 5.41) is 26.0. The fourth-order valence-corrected chi connectivity index (χ4v) is 10.5. The minimum atomic E-state index is -1.31. The number of primary amides is 1. The number of ether oxygens (including phenoxy) is 1. The van der Waals surface area contributed by atoms with Gasteiger partial charge in [-0.15, -0.1) is 0 Å². The number of rotatable bonds is 51. The van der Waals surface area contributed by atoms with E-state index in [9.17, 15) is 52.7 Å². The largest absolute Gasteiger partial charge is 0.449 e. The molecule has 100 heavy (non-hydrogen) atoms. The molecule has 2 aromatic rings. The van der Waals surface area contributed by atoms with Crippen molar-refractivity contribution in [3.63, 3.8) is 0 Å². The molecule has 0 fully saturated rings. The monoisotopic (exact) mass is 1400 g/mol. The normalized spacial score (nSPS) is 12.7. The van der Waals surface area contributed by atoms with Crippen LogP contribution in [0, 0.1) is 0 Å². The van der Waals surface area contributed by atoms with Crippen LogP contribution in [0.3, 0.4) is 0 Å². The van der Waals surface area contributed by atoms with Gasteiger partial charge in [-0.1, -0.05) is 74.2 Å². The third-order valence-electron chi connectivity index (χ3n) is 15.6. The van der Waals surface area contributed by atoms with Gasteiger partial charge in [0.15, 0.2) is 23.8 Å². The molecule has 1 aliphatic rings. The van der Waals surface area contributed by atoms with E-state index in [1.807, 2.05) is 36.4 Å². The van der Waals surface area contributed by atoms with Crippen LogP contribution in [0.1, 0.15) is 145 Å². The fraction of sp³-hybridized carbons (Fsp3) is 0.578. The second-order valence-corrected chi connectivity index (χ2v) is 23.8. The highest BCUT2D eigenvalue weighted by molar-refractivity contribution is 5.96. The van der Waals surface area contributed by atoms with Crippen molar-refractivity contribution in [3.05, 3.63) is 59.7 Å². The van der Waals surface area contributed by atoms with E-state index in [4.69, 9.17) is 62.1 Å². The highest BCUT2D eigenvalue weighted by Gasteiger charge is 2.30. The average molecular weight is 1400 g/mol. The Bertz CT molecular complexity index is 3050. The number of hydrogen-bond donors (Lipinski definition) is 20. The van der Waals surface area contributed by atoms with Crippen LogP contribution in [-0.2, 0) is 52.7 Å². The quantitative estimate of drug-likeness (QED) is 0.0169. The Morgan fingerprint density at radius 1 is 0.370 bits per heavy atom. The van der Waals surface area contributed by atoms with E-state index in [0.29, 0.717) is 70.9 Å². The summed E-state index contributed by atoms with van der Waals surface area (Å²) in [6, 6.07) is 10.5. The number of hydrogen-bond acceptors (Lipinski definition) is 17. The molecule has 0 saturated heterocycles. The van der Waals surface area contributed by atoms with Crippen LogP contribution >= 0.6 is 0 Å². The van der Waals surface area contributed by atoms with Crippen molar-refractivity contribution in [2.24, 2.45) is 77.3 Å². The SMILES string of the molecule is NCCCCCC(NC(=O)CNC(=O)C(CCCN=C(N)N)NC(=O)CNC(=O)C(CCCN=C(N)N)NC(=O)CNC(=O)C(CCCN=C(N)N)NC(=O)CCCCCNC(=O)C(CCCN=C(N)N)NC(=O)CCCCCNC(=O)OCC1c2ccccc2-c2ccccc21)C(N)=O. The molecular formula is C64H106N24O12.